The Labute approximate surface area is 147 Å². The first-order chi connectivity index (χ1) is 11.7. The van der Waals surface area contributed by atoms with Gasteiger partial charge in [0.25, 0.3) is 0 Å². The fourth-order valence-corrected chi connectivity index (χ4v) is 2.55. The molecule has 5 heteroatoms. The van der Waals surface area contributed by atoms with Gasteiger partial charge in [0, 0.05) is 6.42 Å². The molecule has 0 radical (unpaired) electrons. The smallest absolute Gasteiger partial charge is 0.330 e. The molecule has 0 bridgehead atoms. The molecule has 0 spiro atoms. The number of unbranched alkanes of at least 4 members (excludes halogenated alkanes) is 11. The van der Waals surface area contributed by atoms with Crippen LogP contribution in [-0.2, 0) is 4.79 Å². The van der Waals surface area contributed by atoms with Crippen LogP contribution in [0.3, 0.4) is 0 Å². The lowest BCUT2D eigenvalue weighted by molar-refractivity contribution is -0.121. The maximum atomic E-state index is 11.3. The van der Waals surface area contributed by atoms with Gasteiger partial charge in [-0.1, -0.05) is 70.4 Å². The molecule has 0 aromatic heterocycles. The number of rotatable bonds is 15. The van der Waals surface area contributed by atoms with Gasteiger partial charge in [-0.25, -0.2) is 10.2 Å². The topological polar surface area (TPSA) is 84.2 Å². The molecule has 0 fully saturated rings. The van der Waals surface area contributed by atoms with Crippen molar-refractivity contribution in [3.63, 3.8) is 0 Å². The van der Waals surface area contributed by atoms with Gasteiger partial charge in [0.2, 0.25) is 5.91 Å². The van der Waals surface area contributed by atoms with E-state index in [4.69, 9.17) is 5.73 Å². The second kappa shape index (κ2) is 17.8. The highest BCUT2D eigenvalue weighted by Gasteiger charge is 2.01. The summed E-state index contributed by atoms with van der Waals surface area (Å²) < 4.78 is 0. The van der Waals surface area contributed by atoms with E-state index < -0.39 is 6.03 Å². The minimum atomic E-state index is -0.743. The van der Waals surface area contributed by atoms with E-state index in [-0.39, 0.29) is 5.91 Å². The van der Waals surface area contributed by atoms with Crippen LogP contribution in [0.25, 0.3) is 0 Å². The molecule has 24 heavy (non-hydrogen) atoms. The molecule has 5 nitrogen and oxygen atoms in total. The first-order valence-electron chi connectivity index (χ1n) is 9.66. The summed E-state index contributed by atoms with van der Waals surface area (Å²) >= 11 is 0. The lowest BCUT2D eigenvalue weighted by Gasteiger charge is -2.04. The van der Waals surface area contributed by atoms with Crippen molar-refractivity contribution in [1.82, 2.24) is 10.9 Å². The van der Waals surface area contributed by atoms with Crippen LogP contribution >= 0.6 is 0 Å². The van der Waals surface area contributed by atoms with E-state index in [9.17, 15) is 9.59 Å². The fourth-order valence-electron chi connectivity index (χ4n) is 2.55. The van der Waals surface area contributed by atoms with Gasteiger partial charge >= 0.3 is 6.03 Å². The van der Waals surface area contributed by atoms with Crippen molar-refractivity contribution in [3.8, 4) is 0 Å². The van der Waals surface area contributed by atoms with Crippen LogP contribution in [0.4, 0.5) is 4.79 Å². The van der Waals surface area contributed by atoms with E-state index in [2.05, 4.69) is 29.9 Å². The standard InChI is InChI=1S/C19H37N3O2/c1-2-3-4-5-6-7-8-9-10-11-12-13-14-15-16-17-18(23)21-22-19(20)24/h9-10H,2-8,11-17H2,1H3,(H,21,23)(H3,20,22,24). The zero-order valence-electron chi connectivity index (χ0n) is 15.4. The summed E-state index contributed by atoms with van der Waals surface area (Å²) in [6.45, 7) is 2.25. The van der Waals surface area contributed by atoms with E-state index in [1.807, 2.05) is 0 Å². The van der Waals surface area contributed by atoms with Gasteiger partial charge in [0.05, 0.1) is 0 Å². The predicted molar refractivity (Wildman–Crippen MR) is 100 cm³/mol. The quantitative estimate of drug-likeness (QED) is 0.229. The Morgan fingerprint density at radius 1 is 0.750 bits per heavy atom. The number of hydrogen-bond acceptors (Lipinski definition) is 2. The monoisotopic (exact) mass is 339 g/mol. The highest BCUT2D eigenvalue weighted by molar-refractivity contribution is 5.80. The molecule has 140 valence electrons. The number of hydrazine groups is 1. The Morgan fingerprint density at radius 3 is 1.79 bits per heavy atom. The van der Waals surface area contributed by atoms with E-state index in [0.717, 1.165) is 19.3 Å². The molecule has 0 atom stereocenters. The second-order valence-electron chi connectivity index (χ2n) is 6.37. The summed E-state index contributed by atoms with van der Waals surface area (Å²) in [5, 5.41) is 0. The maximum Gasteiger partial charge on any atom is 0.330 e. The van der Waals surface area contributed by atoms with E-state index >= 15 is 0 Å². The van der Waals surface area contributed by atoms with Crippen molar-refractivity contribution < 1.29 is 9.59 Å². The number of hydrogen-bond donors (Lipinski definition) is 3. The summed E-state index contributed by atoms with van der Waals surface area (Å²) in [6.07, 6.45) is 21.1. The third kappa shape index (κ3) is 18.5. The van der Waals surface area contributed by atoms with Gasteiger partial charge in [-0.05, 0) is 32.1 Å². The molecule has 3 amide bonds. The average Bonchev–Trinajstić information content (AvgIpc) is 2.56. The number of primary amides is 1. The van der Waals surface area contributed by atoms with E-state index in [1.54, 1.807) is 0 Å². The van der Waals surface area contributed by atoms with Gasteiger partial charge in [-0.3, -0.25) is 10.2 Å². The molecule has 0 saturated carbocycles. The van der Waals surface area contributed by atoms with Gasteiger partial charge < -0.3 is 5.73 Å². The Kier molecular flexibility index (Phi) is 16.7. The van der Waals surface area contributed by atoms with Gasteiger partial charge in [-0.15, -0.1) is 0 Å². The molecular weight excluding hydrogens is 302 g/mol. The van der Waals surface area contributed by atoms with Gasteiger partial charge in [-0.2, -0.15) is 0 Å². The number of urea groups is 1. The van der Waals surface area contributed by atoms with Crippen LogP contribution in [0.5, 0.6) is 0 Å². The van der Waals surface area contributed by atoms with Crippen LogP contribution in [0.15, 0.2) is 12.2 Å². The van der Waals surface area contributed by atoms with Crippen molar-refractivity contribution >= 4 is 11.9 Å². The molecule has 0 aliphatic heterocycles. The highest BCUT2D eigenvalue weighted by atomic mass is 16.2. The van der Waals surface area contributed by atoms with E-state index in [1.165, 1.54) is 64.2 Å². The van der Waals surface area contributed by atoms with Crippen LogP contribution in [0.2, 0.25) is 0 Å². The first kappa shape index (κ1) is 22.5. The molecule has 0 saturated heterocycles. The molecule has 0 aromatic rings. The van der Waals surface area contributed by atoms with E-state index in [0.29, 0.717) is 6.42 Å². The Bertz CT molecular complexity index is 344. The van der Waals surface area contributed by atoms with Gasteiger partial charge in [0.15, 0.2) is 0 Å². The Morgan fingerprint density at radius 2 is 1.25 bits per heavy atom. The first-order valence-corrected chi connectivity index (χ1v) is 9.66. The minimum Gasteiger partial charge on any atom is -0.350 e. The molecule has 0 aromatic carbocycles. The van der Waals surface area contributed by atoms with Crippen molar-refractivity contribution in [2.24, 2.45) is 5.73 Å². The average molecular weight is 340 g/mol. The summed E-state index contributed by atoms with van der Waals surface area (Å²) in [5.41, 5.74) is 9.19. The van der Waals surface area contributed by atoms with Crippen LogP contribution in [0, 0.1) is 0 Å². The zero-order valence-corrected chi connectivity index (χ0v) is 15.4. The van der Waals surface area contributed by atoms with Crippen molar-refractivity contribution in [1.29, 1.82) is 0 Å². The van der Waals surface area contributed by atoms with Crippen LogP contribution in [0.1, 0.15) is 96.8 Å². The SMILES string of the molecule is CCCCCCCCC=CCCCCCCCC(=O)NNC(N)=O. The number of allylic oxidation sites excluding steroid dienone is 2. The predicted octanol–water partition coefficient (Wildman–Crippen LogP) is 4.72. The number of carbonyl (C=O) groups is 2. The third-order valence-electron chi connectivity index (χ3n) is 3.99. The molecule has 0 aliphatic rings. The summed E-state index contributed by atoms with van der Waals surface area (Å²) in [5.74, 6) is -0.188. The summed E-state index contributed by atoms with van der Waals surface area (Å²) in [6, 6.07) is -0.743. The molecule has 4 N–H and O–H groups in total. The number of amides is 3. The molecule has 0 heterocycles. The van der Waals surface area contributed by atoms with Crippen molar-refractivity contribution in [3.05, 3.63) is 12.2 Å². The largest absolute Gasteiger partial charge is 0.350 e. The molecule has 0 unspecified atom stereocenters. The lowest BCUT2D eigenvalue weighted by atomic mass is 10.1. The van der Waals surface area contributed by atoms with Gasteiger partial charge in [0.1, 0.15) is 0 Å². The number of nitrogens with two attached hydrogens (primary N) is 1. The maximum absolute atomic E-state index is 11.3. The lowest BCUT2D eigenvalue weighted by Crippen LogP contribution is -2.44. The van der Waals surface area contributed by atoms with Crippen LogP contribution < -0.4 is 16.6 Å². The number of nitrogens with one attached hydrogen (secondary N) is 2. The highest BCUT2D eigenvalue weighted by Crippen LogP contribution is 2.09. The van der Waals surface area contributed by atoms with Crippen molar-refractivity contribution in [2.75, 3.05) is 0 Å². The summed E-state index contributed by atoms with van der Waals surface area (Å²) in [7, 11) is 0. The number of carbonyl (C=O) groups excluding carboxylic acids is 2. The molecular formula is C19H37N3O2. The zero-order chi connectivity index (χ0) is 17.9. The Hall–Kier alpha value is -1.52. The minimum absolute atomic E-state index is 0.188. The Balaban J connectivity index is 3.20. The fraction of sp³-hybridized carbons (Fsp3) is 0.789. The normalized spacial score (nSPS) is 10.9. The summed E-state index contributed by atoms with van der Waals surface area (Å²) in [4.78, 5) is 21.7. The van der Waals surface area contributed by atoms with Crippen LogP contribution in [-0.4, -0.2) is 11.9 Å². The third-order valence-corrected chi connectivity index (χ3v) is 3.99. The molecule has 0 rings (SSSR count). The second-order valence-corrected chi connectivity index (χ2v) is 6.37. The molecule has 0 aliphatic carbocycles. The van der Waals surface area contributed by atoms with Crippen molar-refractivity contribution in [2.45, 2.75) is 96.8 Å².